The lowest BCUT2D eigenvalue weighted by Gasteiger charge is -2.22. The maximum absolute atomic E-state index is 4.54. The highest BCUT2D eigenvalue weighted by atomic mass is 14.9. The van der Waals surface area contributed by atoms with Crippen LogP contribution in [0.25, 0.3) is 10.9 Å². The lowest BCUT2D eigenvalue weighted by molar-refractivity contribution is 0.460. The summed E-state index contributed by atoms with van der Waals surface area (Å²) >= 11 is 0. The molecule has 1 aromatic heterocycles. The van der Waals surface area contributed by atoms with Gasteiger partial charge in [-0.2, -0.15) is 0 Å². The average molecular weight is 212 g/mol. The van der Waals surface area contributed by atoms with E-state index in [-0.39, 0.29) is 0 Å². The summed E-state index contributed by atoms with van der Waals surface area (Å²) < 4.78 is 0. The second-order valence-electron chi connectivity index (χ2n) is 4.49. The molecule has 3 rings (SSSR count). The van der Waals surface area contributed by atoms with Crippen molar-refractivity contribution in [2.45, 2.75) is 18.8 Å². The normalized spacial score (nSPS) is 17.8. The monoisotopic (exact) mass is 212 g/mol. The van der Waals surface area contributed by atoms with Crippen molar-refractivity contribution >= 4 is 10.9 Å². The first-order valence-electron chi connectivity index (χ1n) is 5.99. The molecule has 2 heteroatoms. The Labute approximate surface area is 95.7 Å². The molecular weight excluding hydrogens is 196 g/mol. The quantitative estimate of drug-likeness (QED) is 0.786. The van der Waals surface area contributed by atoms with Crippen molar-refractivity contribution in [2.24, 2.45) is 0 Å². The van der Waals surface area contributed by atoms with Crippen molar-refractivity contribution < 1.29 is 0 Å². The third kappa shape index (κ3) is 1.81. The molecule has 16 heavy (non-hydrogen) atoms. The minimum Gasteiger partial charge on any atom is -0.317 e. The summed E-state index contributed by atoms with van der Waals surface area (Å²) in [5.41, 5.74) is 2.50. The van der Waals surface area contributed by atoms with Crippen molar-refractivity contribution in [1.82, 2.24) is 10.3 Å². The molecule has 0 aliphatic carbocycles. The van der Waals surface area contributed by atoms with E-state index in [1.807, 2.05) is 6.07 Å². The highest BCUT2D eigenvalue weighted by molar-refractivity contribution is 5.78. The molecule has 0 atom stereocenters. The number of hydrogen-bond acceptors (Lipinski definition) is 2. The van der Waals surface area contributed by atoms with Crippen LogP contribution in [-0.2, 0) is 0 Å². The molecule has 1 N–H and O–H groups in total. The molecule has 0 unspecified atom stereocenters. The van der Waals surface area contributed by atoms with Crippen molar-refractivity contribution in [3.63, 3.8) is 0 Å². The fourth-order valence-electron chi connectivity index (χ4n) is 2.47. The molecule has 2 heterocycles. The highest BCUT2D eigenvalue weighted by Gasteiger charge is 2.15. The molecule has 2 aromatic rings. The van der Waals surface area contributed by atoms with Gasteiger partial charge in [-0.25, -0.2) is 0 Å². The molecule has 82 valence electrons. The Kier molecular flexibility index (Phi) is 2.58. The van der Waals surface area contributed by atoms with E-state index in [0.717, 1.165) is 18.6 Å². The van der Waals surface area contributed by atoms with Gasteiger partial charge in [-0.15, -0.1) is 0 Å². The molecule has 0 saturated carbocycles. The Morgan fingerprint density at radius 1 is 1.12 bits per heavy atom. The summed E-state index contributed by atoms with van der Waals surface area (Å²) in [6.07, 6.45) is 4.53. The third-order valence-corrected chi connectivity index (χ3v) is 3.42. The summed E-state index contributed by atoms with van der Waals surface area (Å²) in [7, 11) is 0. The zero-order valence-electron chi connectivity index (χ0n) is 9.32. The number of benzene rings is 1. The number of nitrogens with one attached hydrogen (secondary N) is 1. The maximum atomic E-state index is 4.54. The first kappa shape index (κ1) is 9.79. The van der Waals surface area contributed by atoms with Crippen LogP contribution < -0.4 is 5.32 Å². The molecule has 1 saturated heterocycles. The van der Waals surface area contributed by atoms with E-state index in [4.69, 9.17) is 0 Å². The number of aromatic nitrogens is 1. The molecular formula is C14H16N2. The number of pyridine rings is 1. The summed E-state index contributed by atoms with van der Waals surface area (Å²) in [4.78, 5) is 4.54. The second kappa shape index (κ2) is 4.22. The van der Waals surface area contributed by atoms with E-state index >= 15 is 0 Å². The van der Waals surface area contributed by atoms with E-state index < -0.39 is 0 Å². The lowest BCUT2D eigenvalue weighted by Crippen LogP contribution is -2.26. The summed E-state index contributed by atoms with van der Waals surface area (Å²) in [6, 6.07) is 10.6. The van der Waals surface area contributed by atoms with Gasteiger partial charge in [0.05, 0.1) is 5.52 Å². The summed E-state index contributed by atoms with van der Waals surface area (Å²) in [5.74, 6) is 0.693. The number of piperidine rings is 1. The van der Waals surface area contributed by atoms with Crippen LogP contribution in [0.2, 0.25) is 0 Å². The SMILES string of the molecule is c1ccc2ncc(C3CCNCC3)cc2c1. The maximum Gasteiger partial charge on any atom is 0.0702 e. The molecule has 1 aromatic carbocycles. The number of fused-ring (bicyclic) bond motifs is 1. The van der Waals surface area contributed by atoms with Crippen LogP contribution in [0.15, 0.2) is 36.5 Å². The van der Waals surface area contributed by atoms with Crippen molar-refractivity contribution in [2.75, 3.05) is 13.1 Å². The van der Waals surface area contributed by atoms with E-state index in [1.165, 1.54) is 23.8 Å². The Morgan fingerprint density at radius 3 is 2.81 bits per heavy atom. The van der Waals surface area contributed by atoms with E-state index in [1.54, 1.807) is 0 Å². The van der Waals surface area contributed by atoms with Crippen LogP contribution >= 0.6 is 0 Å². The molecule has 1 aliphatic heterocycles. The van der Waals surface area contributed by atoms with Gasteiger partial charge in [0, 0.05) is 11.6 Å². The lowest BCUT2D eigenvalue weighted by atomic mass is 9.91. The number of hydrogen-bond donors (Lipinski definition) is 1. The molecule has 2 nitrogen and oxygen atoms in total. The summed E-state index contributed by atoms with van der Waals surface area (Å²) in [5, 5.41) is 4.66. The third-order valence-electron chi connectivity index (χ3n) is 3.42. The van der Waals surface area contributed by atoms with E-state index in [0.29, 0.717) is 5.92 Å². The first-order valence-corrected chi connectivity index (χ1v) is 5.99. The number of nitrogens with zero attached hydrogens (tertiary/aromatic N) is 1. The highest BCUT2D eigenvalue weighted by Crippen LogP contribution is 2.26. The van der Waals surface area contributed by atoms with Crippen LogP contribution in [0.1, 0.15) is 24.3 Å². The second-order valence-corrected chi connectivity index (χ2v) is 4.49. The molecule has 0 spiro atoms. The number of para-hydroxylation sites is 1. The fraction of sp³-hybridized carbons (Fsp3) is 0.357. The Hall–Kier alpha value is -1.41. The van der Waals surface area contributed by atoms with Crippen molar-refractivity contribution in [3.8, 4) is 0 Å². The summed E-state index contributed by atoms with van der Waals surface area (Å²) in [6.45, 7) is 2.27. The van der Waals surface area contributed by atoms with E-state index in [2.05, 4.69) is 40.8 Å². The largest absolute Gasteiger partial charge is 0.317 e. The number of rotatable bonds is 1. The van der Waals surface area contributed by atoms with Gasteiger partial charge in [-0.05, 0) is 49.5 Å². The van der Waals surface area contributed by atoms with Crippen LogP contribution in [-0.4, -0.2) is 18.1 Å². The van der Waals surface area contributed by atoms with Crippen molar-refractivity contribution in [3.05, 3.63) is 42.1 Å². The zero-order valence-corrected chi connectivity index (χ0v) is 9.32. The van der Waals surface area contributed by atoms with Gasteiger partial charge in [0.1, 0.15) is 0 Å². The average Bonchev–Trinajstić information content (AvgIpc) is 2.39. The van der Waals surface area contributed by atoms with Crippen LogP contribution in [0, 0.1) is 0 Å². The standard InChI is InChI=1S/C14H16N2/c1-2-4-14-12(3-1)9-13(10-16-14)11-5-7-15-8-6-11/h1-4,9-11,15H,5-8H2. The topological polar surface area (TPSA) is 24.9 Å². The molecule has 0 amide bonds. The van der Waals surface area contributed by atoms with Gasteiger partial charge >= 0.3 is 0 Å². The first-order chi connectivity index (χ1) is 7.93. The molecule has 0 radical (unpaired) electrons. The Morgan fingerprint density at radius 2 is 1.94 bits per heavy atom. The van der Waals surface area contributed by atoms with Crippen LogP contribution in [0.4, 0.5) is 0 Å². The van der Waals surface area contributed by atoms with Gasteiger partial charge in [0.15, 0.2) is 0 Å². The fourth-order valence-corrected chi connectivity index (χ4v) is 2.47. The minimum absolute atomic E-state index is 0.693. The predicted molar refractivity (Wildman–Crippen MR) is 66.6 cm³/mol. The van der Waals surface area contributed by atoms with Crippen LogP contribution in [0.5, 0.6) is 0 Å². The van der Waals surface area contributed by atoms with Gasteiger partial charge < -0.3 is 5.32 Å². The smallest absolute Gasteiger partial charge is 0.0702 e. The minimum atomic E-state index is 0.693. The molecule has 1 fully saturated rings. The van der Waals surface area contributed by atoms with Gasteiger partial charge in [-0.1, -0.05) is 18.2 Å². The zero-order chi connectivity index (χ0) is 10.8. The van der Waals surface area contributed by atoms with Gasteiger partial charge in [-0.3, -0.25) is 4.98 Å². The van der Waals surface area contributed by atoms with Crippen molar-refractivity contribution in [1.29, 1.82) is 0 Å². The van der Waals surface area contributed by atoms with Gasteiger partial charge in [0.2, 0.25) is 0 Å². The Balaban J connectivity index is 1.97. The predicted octanol–water partition coefficient (Wildman–Crippen LogP) is 2.70. The molecule has 0 bridgehead atoms. The van der Waals surface area contributed by atoms with E-state index in [9.17, 15) is 0 Å². The molecule has 1 aliphatic rings. The Bertz CT molecular complexity index is 487. The van der Waals surface area contributed by atoms with Gasteiger partial charge in [0.25, 0.3) is 0 Å². The van der Waals surface area contributed by atoms with Crippen LogP contribution in [0.3, 0.4) is 0 Å².